The number of carbonyl (C=O) groups is 1. The number of carbonyl (C=O) groups excluding carboxylic acids is 1. The summed E-state index contributed by atoms with van der Waals surface area (Å²) in [4.78, 5) is 11.8. The Kier molecular flexibility index (Phi) is 7.22. The van der Waals surface area contributed by atoms with Crippen molar-refractivity contribution < 1.29 is 13.2 Å². The van der Waals surface area contributed by atoms with Gasteiger partial charge in [0.05, 0.1) is 10.5 Å². The van der Waals surface area contributed by atoms with Crippen LogP contribution in [0.4, 0.5) is 0 Å². The molecule has 19 heavy (non-hydrogen) atoms. The molecular formula is C14H29NO3S. The molecule has 0 radical (unpaired) electrons. The largest absolute Gasteiger partial charge is 0.330 e. The van der Waals surface area contributed by atoms with Crippen LogP contribution in [-0.2, 0) is 14.6 Å². The number of sulfone groups is 1. The Bertz CT molecular complexity index is 380. The summed E-state index contributed by atoms with van der Waals surface area (Å²) in [6.07, 6.45) is 1.41. The predicted molar refractivity (Wildman–Crippen MR) is 79.8 cm³/mol. The molecule has 0 aliphatic carbocycles. The normalized spacial score (nSPS) is 14.7. The van der Waals surface area contributed by atoms with Gasteiger partial charge in [-0.3, -0.25) is 4.79 Å². The van der Waals surface area contributed by atoms with Crippen molar-refractivity contribution in [3.8, 4) is 0 Å². The van der Waals surface area contributed by atoms with E-state index in [-0.39, 0.29) is 23.9 Å². The van der Waals surface area contributed by atoms with E-state index < -0.39 is 14.6 Å². The first-order chi connectivity index (χ1) is 8.49. The summed E-state index contributed by atoms with van der Waals surface area (Å²) in [7, 11) is -3.21. The van der Waals surface area contributed by atoms with E-state index in [2.05, 4.69) is 13.8 Å². The quantitative estimate of drug-likeness (QED) is 0.743. The third-order valence-corrected chi connectivity index (χ3v) is 5.84. The van der Waals surface area contributed by atoms with Crippen molar-refractivity contribution in [2.24, 2.45) is 17.6 Å². The Morgan fingerprint density at radius 3 is 2.11 bits per heavy atom. The summed E-state index contributed by atoms with van der Waals surface area (Å²) < 4.78 is 23.0. The van der Waals surface area contributed by atoms with Crippen LogP contribution in [0.5, 0.6) is 0 Å². The van der Waals surface area contributed by atoms with Crippen molar-refractivity contribution >= 4 is 15.6 Å². The number of hydrogen-bond donors (Lipinski definition) is 1. The van der Waals surface area contributed by atoms with Crippen LogP contribution >= 0.6 is 0 Å². The molecule has 0 saturated carbocycles. The number of rotatable bonds is 8. The lowest BCUT2D eigenvalue weighted by atomic mass is 9.92. The van der Waals surface area contributed by atoms with Crippen molar-refractivity contribution in [3.63, 3.8) is 0 Å². The molecule has 1 atom stereocenters. The van der Waals surface area contributed by atoms with Crippen LogP contribution in [0.25, 0.3) is 0 Å². The Morgan fingerprint density at radius 2 is 1.74 bits per heavy atom. The molecule has 0 aliphatic heterocycles. The fourth-order valence-corrected chi connectivity index (χ4v) is 3.02. The van der Waals surface area contributed by atoms with Crippen LogP contribution < -0.4 is 5.73 Å². The van der Waals surface area contributed by atoms with Gasteiger partial charge >= 0.3 is 0 Å². The lowest BCUT2D eigenvalue weighted by molar-refractivity contribution is -0.119. The summed E-state index contributed by atoms with van der Waals surface area (Å²) in [5, 5.41) is 0. The second-order valence-electron chi connectivity index (χ2n) is 6.66. The lowest BCUT2D eigenvalue weighted by Crippen LogP contribution is -2.31. The molecule has 0 aliphatic rings. The molecule has 5 heteroatoms. The molecule has 0 saturated heterocycles. The van der Waals surface area contributed by atoms with Gasteiger partial charge < -0.3 is 5.73 Å². The minimum absolute atomic E-state index is 0.00363. The molecule has 2 N–H and O–H groups in total. The van der Waals surface area contributed by atoms with Crippen LogP contribution in [0.2, 0.25) is 0 Å². The van der Waals surface area contributed by atoms with Gasteiger partial charge in [0.2, 0.25) is 0 Å². The van der Waals surface area contributed by atoms with Gasteiger partial charge in [-0.2, -0.15) is 0 Å². The average molecular weight is 291 g/mol. The summed E-state index contributed by atoms with van der Waals surface area (Å²) in [5.41, 5.74) is 5.65. The molecule has 4 nitrogen and oxygen atoms in total. The Balaban J connectivity index is 4.34. The first-order valence-corrected chi connectivity index (χ1v) is 8.59. The second-order valence-corrected chi connectivity index (χ2v) is 9.52. The van der Waals surface area contributed by atoms with E-state index in [0.29, 0.717) is 18.9 Å². The van der Waals surface area contributed by atoms with Crippen LogP contribution in [0.1, 0.15) is 53.9 Å². The van der Waals surface area contributed by atoms with E-state index in [1.54, 1.807) is 20.8 Å². The van der Waals surface area contributed by atoms with E-state index in [1.807, 2.05) is 0 Å². The van der Waals surface area contributed by atoms with Crippen molar-refractivity contribution in [1.29, 1.82) is 0 Å². The third-order valence-electron chi connectivity index (χ3n) is 3.24. The Labute approximate surface area is 118 Å². The molecule has 0 aromatic rings. The molecule has 0 heterocycles. The fraction of sp³-hybridized carbons (Fsp3) is 0.929. The highest BCUT2D eigenvalue weighted by Gasteiger charge is 2.29. The van der Waals surface area contributed by atoms with Crippen LogP contribution in [-0.4, -0.2) is 31.2 Å². The van der Waals surface area contributed by atoms with Gasteiger partial charge in [0.15, 0.2) is 9.84 Å². The van der Waals surface area contributed by atoms with Gasteiger partial charge in [-0.05, 0) is 45.6 Å². The molecule has 114 valence electrons. The van der Waals surface area contributed by atoms with E-state index >= 15 is 0 Å². The monoisotopic (exact) mass is 291 g/mol. The van der Waals surface area contributed by atoms with Crippen molar-refractivity contribution in [2.45, 2.75) is 58.6 Å². The van der Waals surface area contributed by atoms with Crippen molar-refractivity contribution in [1.82, 2.24) is 0 Å². The average Bonchev–Trinajstić information content (AvgIpc) is 2.23. The summed E-state index contributed by atoms with van der Waals surface area (Å²) in [6.45, 7) is 9.65. The lowest BCUT2D eigenvalue weighted by Gasteiger charge is -2.19. The van der Waals surface area contributed by atoms with E-state index in [1.165, 1.54) is 0 Å². The van der Waals surface area contributed by atoms with Crippen LogP contribution in [0, 0.1) is 11.8 Å². The number of hydrogen-bond acceptors (Lipinski definition) is 4. The Morgan fingerprint density at radius 1 is 1.21 bits per heavy atom. The summed E-state index contributed by atoms with van der Waals surface area (Å²) >= 11 is 0. The molecule has 1 unspecified atom stereocenters. The molecule has 0 aromatic heterocycles. The highest BCUT2D eigenvalue weighted by atomic mass is 32.2. The number of ketones is 1. The minimum Gasteiger partial charge on any atom is -0.330 e. The molecule has 0 fully saturated rings. The van der Waals surface area contributed by atoms with Crippen LogP contribution in [0.3, 0.4) is 0 Å². The first kappa shape index (κ1) is 18.6. The van der Waals surface area contributed by atoms with Crippen molar-refractivity contribution in [2.75, 3.05) is 12.3 Å². The van der Waals surface area contributed by atoms with Gasteiger partial charge in [0.1, 0.15) is 5.78 Å². The molecule has 0 amide bonds. The zero-order valence-electron chi connectivity index (χ0n) is 12.9. The number of Topliss-reactive ketones (excluding diaryl/α,β-unsaturated/α-hetero) is 1. The molecule has 0 rings (SSSR count). The van der Waals surface area contributed by atoms with Crippen molar-refractivity contribution in [3.05, 3.63) is 0 Å². The maximum atomic E-state index is 11.9. The molecule has 0 aromatic carbocycles. The van der Waals surface area contributed by atoms with Gasteiger partial charge in [-0.25, -0.2) is 8.42 Å². The molecular weight excluding hydrogens is 262 g/mol. The third kappa shape index (κ3) is 7.06. The molecule has 0 spiro atoms. The molecule has 0 bridgehead atoms. The zero-order chi connectivity index (χ0) is 15.3. The van der Waals surface area contributed by atoms with Gasteiger partial charge in [-0.1, -0.05) is 13.8 Å². The highest BCUT2D eigenvalue weighted by Crippen LogP contribution is 2.19. The second kappa shape index (κ2) is 7.39. The summed E-state index contributed by atoms with van der Waals surface area (Å²) in [5.74, 6) is 0.613. The van der Waals surface area contributed by atoms with Crippen LogP contribution in [0.15, 0.2) is 0 Å². The minimum atomic E-state index is -3.21. The Hall–Kier alpha value is -0.420. The maximum absolute atomic E-state index is 11.9. The van der Waals surface area contributed by atoms with E-state index in [0.717, 1.165) is 6.42 Å². The van der Waals surface area contributed by atoms with E-state index in [9.17, 15) is 13.2 Å². The topological polar surface area (TPSA) is 77.2 Å². The van der Waals surface area contributed by atoms with Gasteiger partial charge in [0.25, 0.3) is 0 Å². The first-order valence-electron chi connectivity index (χ1n) is 6.93. The number of nitrogens with two attached hydrogens (primary N) is 1. The maximum Gasteiger partial charge on any atom is 0.155 e. The highest BCUT2D eigenvalue weighted by molar-refractivity contribution is 7.92. The van der Waals surface area contributed by atoms with E-state index in [4.69, 9.17) is 5.73 Å². The predicted octanol–water partition coefficient (Wildman–Crippen LogP) is 2.17. The summed E-state index contributed by atoms with van der Waals surface area (Å²) in [6, 6.07) is 0. The fourth-order valence-electron chi connectivity index (χ4n) is 1.91. The van der Waals surface area contributed by atoms with Gasteiger partial charge in [-0.15, -0.1) is 0 Å². The SMILES string of the molecule is CC(C)CC(CN)CC(=O)CCS(=O)(=O)C(C)(C)C. The standard InChI is InChI=1S/C14H29NO3S/c1-11(2)8-12(10-15)9-13(16)6-7-19(17,18)14(3,4)5/h11-12H,6-10,15H2,1-5H3. The smallest absolute Gasteiger partial charge is 0.155 e. The zero-order valence-corrected chi connectivity index (χ0v) is 13.7. The van der Waals surface area contributed by atoms with Gasteiger partial charge in [0, 0.05) is 12.8 Å².